The Labute approximate surface area is 212 Å². The van der Waals surface area contributed by atoms with Gasteiger partial charge in [-0.1, -0.05) is 0 Å². The number of thioether (sulfide) groups is 1. The zero-order chi connectivity index (χ0) is 26.5. The van der Waals surface area contributed by atoms with Crippen molar-refractivity contribution >= 4 is 67.1 Å². The van der Waals surface area contributed by atoms with Crippen molar-refractivity contribution in [3.05, 3.63) is 93.1 Å². The summed E-state index contributed by atoms with van der Waals surface area (Å²) in [6.07, 6.45) is 0. The van der Waals surface area contributed by atoms with Crippen molar-refractivity contribution in [2.75, 3.05) is 10.2 Å². The topological polar surface area (TPSA) is 165 Å². The first-order chi connectivity index (χ1) is 17.5. The Balaban J connectivity index is 1.66. The number of anilines is 2. The molecule has 37 heavy (non-hydrogen) atoms. The molecule has 0 aliphatic carbocycles. The fourth-order valence-electron chi connectivity index (χ4n) is 3.73. The molecule has 2 aliphatic heterocycles. The zero-order valence-electron chi connectivity index (χ0n) is 18.4. The van der Waals surface area contributed by atoms with Gasteiger partial charge in [0.2, 0.25) is 10.0 Å². The number of nitrogens with two attached hydrogens (primary N) is 1. The Kier molecular flexibility index (Phi) is 5.86. The zero-order valence-corrected chi connectivity index (χ0v) is 20.0. The number of amidine groups is 1. The molecule has 0 bridgehead atoms. The summed E-state index contributed by atoms with van der Waals surface area (Å²) < 4.78 is 36.7. The van der Waals surface area contributed by atoms with Crippen LogP contribution < -0.4 is 15.4 Å². The van der Waals surface area contributed by atoms with Crippen LogP contribution >= 0.6 is 11.8 Å². The molecule has 2 heterocycles. The lowest BCUT2D eigenvalue weighted by molar-refractivity contribution is -0.384. The van der Waals surface area contributed by atoms with Crippen LogP contribution in [0.2, 0.25) is 0 Å². The van der Waals surface area contributed by atoms with E-state index < -0.39 is 32.6 Å². The number of nitro groups is 1. The van der Waals surface area contributed by atoms with Gasteiger partial charge >= 0.3 is 0 Å². The van der Waals surface area contributed by atoms with Gasteiger partial charge in [0.25, 0.3) is 17.5 Å². The van der Waals surface area contributed by atoms with Crippen LogP contribution in [0.3, 0.4) is 0 Å². The third-order valence-electron chi connectivity index (χ3n) is 5.44. The maximum atomic E-state index is 13.6. The van der Waals surface area contributed by atoms with E-state index in [1.54, 1.807) is 0 Å². The fraction of sp³-hybridized carbons (Fsp3) is 0. The van der Waals surface area contributed by atoms with Crippen molar-refractivity contribution in [3.8, 4) is 0 Å². The van der Waals surface area contributed by atoms with Gasteiger partial charge in [-0.2, -0.15) is 0 Å². The minimum atomic E-state index is -3.93. The van der Waals surface area contributed by atoms with Crippen LogP contribution in [0.15, 0.2) is 81.5 Å². The van der Waals surface area contributed by atoms with Crippen molar-refractivity contribution in [2.24, 2.45) is 10.1 Å². The number of nitro benzene ring substituents is 1. The quantitative estimate of drug-likeness (QED) is 0.291. The molecule has 14 heteroatoms. The molecule has 5 rings (SSSR count). The SMILES string of the molecule is NS(=O)(=O)c1ccc(/N=C2\S/C(=C3\C(=O)Nc4ccc([N+](=O)[O-])cc43)C(=O)N2c2ccc(F)cc2)cc1. The highest BCUT2D eigenvalue weighted by Crippen LogP contribution is 2.44. The first-order valence-electron chi connectivity index (χ1n) is 10.4. The van der Waals surface area contributed by atoms with Crippen LogP contribution in [-0.4, -0.2) is 30.3 Å². The number of halogens is 1. The summed E-state index contributed by atoms with van der Waals surface area (Å²) in [6, 6.07) is 14.1. The van der Waals surface area contributed by atoms with Gasteiger partial charge in [-0.3, -0.25) is 24.6 Å². The van der Waals surface area contributed by atoms with Crippen molar-refractivity contribution < 1.29 is 27.3 Å². The molecular formula is C23H14FN5O6S2. The predicted molar refractivity (Wildman–Crippen MR) is 135 cm³/mol. The number of benzene rings is 3. The van der Waals surface area contributed by atoms with Crippen LogP contribution in [-0.2, 0) is 19.6 Å². The molecule has 1 saturated heterocycles. The standard InChI is InChI=1S/C23H14FN5O6S2/c24-12-1-5-14(6-2-12)28-22(31)20(19-17-11-15(29(32)33)7-10-18(17)27-21(19)30)36-23(28)26-13-3-8-16(9-4-13)37(25,34)35/h1-11H,(H,27,30)(H2,25,34,35)/b20-19-,26-23-. The van der Waals surface area contributed by atoms with Crippen LogP contribution in [0, 0.1) is 15.9 Å². The number of sulfonamides is 1. The highest BCUT2D eigenvalue weighted by Gasteiger charge is 2.41. The minimum absolute atomic E-state index is 0.0408. The van der Waals surface area contributed by atoms with E-state index >= 15 is 0 Å². The van der Waals surface area contributed by atoms with Crippen LogP contribution in [0.1, 0.15) is 5.56 Å². The molecule has 3 N–H and O–H groups in total. The summed E-state index contributed by atoms with van der Waals surface area (Å²) in [5.74, 6) is -1.81. The number of hydrogen-bond acceptors (Lipinski definition) is 8. The van der Waals surface area contributed by atoms with Gasteiger partial charge in [-0.25, -0.2) is 22.9 Å². The number of primary sulfonamides is 1. The first-order valence-corrected chi connectivity index (χ1v) is 12.7. The van der Waals surface area contributed by atoms with E-state index in [-0.39, 0.29) is 43.2 Å². The second-order valence-electron chi connectivity index (χ2n) is 7.80. The third kappa shape index (κ3) is 4.48. The van der Waals surface area contributed by atoms with Crippen molar-refractivity contribution in [1.82, 2.24) is 0 Å². The number of carbonyl (C=O) groups excluding carboxylic acids is 2. The molecule has 3 aromatic rings. The summed E-state index contributed by atoms with van der Waals surface area (Å²) in [6.45, 7) is 0. The Morgan fingerprint density at radius 3 is 2.32 bits per heavy atom. The minimum Gasteiger partial charge on any atom is -0.321 e. The van der Waals surface area contributed by atoms with Crippen molar-refractivity contribution in [1.29, 1.82) is 0 Å². The monoisotopic (exact) mass is 539 g/mol. The van der Waals surface area contributed by atoms with E-state index in [0.29, 0.717) is 5.69 Å². The van der Waals surface area contributed by atoms with E-state index in [2.05, 4.69) is 10.3 Å². The second kappa shape index (κ2) is 8.92. The number of non-ortho nitro benzene ring substituents is 1. The Hall–Kier alpha value is -4.40. The van der Waals surface area contributed by atoms with Gasteiger partial charge in [0, 0.05) is 23.4 Å². The molecule has 0 radical (unpaired) electrons. The van der Waals surface area contributed by atoms with Crippen molar-refractivity contribution in [3.63, 3.8) is 0 Å². The Morgan fingerprint density at radius 2 is 1.70 bits per heavy atom. The number of nitrogens with one attached hydrogen (secondary N) is 1. The fourth-order valence-corrected chi connectivity index (χ4v) is 5.34. The number of hydrogen-bond donors (Lipinski definition) is 2. The molecule has 2 aliphatic rings. The molecule has 186 valence electrons. The van der Waals surface area contributed by atoms with Gasteiger partial charge in [0.15, 0.2) is 5.17 Å². The second-order valence-corrected chi connectivity index (χ2v) is 10.3. The molecule has 0 saturated carbocycles. The average Bonchev–Trinajstić information content (AvgIpc) is 3.33. The molecule has 1 fully saturated rings. The molecular weight excluding hydrogens is 525 g/mol. The maximum absolute atomic E-state index is 13.6. The lowest BCUT2D eigenvalue weighted by atomic mass is 10.1. The van der Waals surface area contributed by atoms with Gasteiger partial charge < -0.3 is 5.32 Å². The smallest absolute Gasteiger partial charge is 0.272 e. The highest BCUT2D eigenvalue weighted by molar-refractivity contribution is 8.19. The number of amides is 2. The first kappa shape index (κ1) is 24.3. The van der Waals surface area contributed by atoms with Gasteiger partial charge in [0.1, 0.15) is 5.82 Å². The average molecular weight is 540 g/mol. The summed E-state index contributed by atoms with van der Waals surface area (Å²) in [7, 11) is -3.93. The van der Waals surface area contributed by atoms with Gasteiger partial charge in [0.05, 0.1) is 31.7 Å². The van der Waals surface area contributed by atoms with E-state index in [9.17, 15) is 32.5 Å². The molecule has 0 spiro atoms. The van der Waals surface area contributed by atoms with Crippen LogP contribution in [0.5, 0.6) is 0 Å². The lowest BCUT2D eigenvalue weighted by Crippen LogP contribution is -2.29. The molecule has 0 aromatic heterocycles. The lowest BCUT2D eigenvalue weighted by Gasteiger charge is -2.15. The van der Waals surface area contributed by atoms with Crippen LogP contribution in [0.4, 0.5) is 27.1 Å². The van der Waals surface area contributed by atoms with E-state index in [4.69, 9.17) is 5.14 Å². The molecule has 11 nitrogen and oxygen atoms in total. The van der Waals surface area contributed by atoms with E-state index in [1.807, 2.05) is 0 Å². The molecule has 3 aromatic carbocycles. The number of rotatable bonds is 4. The number of aliphatic imine (C=N–C) groups is 1. The maximum Gasteiger partial charge on any atom is 0.272 e. The summed E-state index contributed by atoms with van der Waals surface area (Å²) in [5, 5.41) is 19.1. The van der Waals surface area contributed by atoms with Gasteiger partial charge in [-0.15, -0.1) is 0 Å². The third-order valence-corrected chi connectivity index (χ3v) is 7.41. The highest BCUT2D eigenvalue weighted by atomic mass is 32.2. The van der Waals surface area contributed by atoms with E-state index in [0.717, 1.165) is 23.9 Å². The van der Waals surface area contributed by atoms with Gasteiger partial charge in [-0.05, 0) is 66.4 Å². The predicted octanol–water partition coefficient (Wildman–Crippen LogP) is 3.51. The summed E-state index contributed by atoms with van der Waals surface area (Å²) in [4.78, 5) is 42.6. The van der Waals surface area contributed by atoms with Crippen molar-refractivity contribution in [2.45, 2.75) is 4.90 Å². The Bertz CT molecular complexity index is 1670. The Morgan fingerprint density at radius 1 is 1.03 bits per heavy atom. The summed E-state index contributed by atoms with van der Waals surface area (Å²) >= 11 is 0.848. The number of nitrogens with zero attached hydrogens (tertiary/aromatic N) is 3. The molecule has 0 atom stereocenters. The summed E-state index contributed by atoms with van der Waals surface area (Å²) in [5.41, 5.74) is 0.704. The van der Waals surface area contributed by atoms with E-state index in [1.165, 1.54) is 59.5 Å². The molecule has 2 amide bonds. The van der Waals surface area contributed by atoms with Crippen LogP contribution in [0.25, 0.3) is 5.57 Å². The number of fused-ring (bicyclic) bond motifs is 1. The number of carbonyl (C=O) groups is 2. The normalized spacial score (nSPS) is 18.3. The molecule has 0 unspecified atom stereocenters. The largest absolute Gasteiger partial charge is 0.321 e.